The van der Waals surface area contributed by atoms with Gasteiger partial charge in [-0.05, 0) is 25.3 Å². The lowest BCUT2D eigenvalue weighted by Gasteiger charge is -2.28. The van der Waals surface area contributed by atoms with Crippen molar-refractivity contribution in [1.29, 1.82) is 0 Å². The van der Waals surface area contributed by atoms with Gasteiger partial charge in [0.15, 0.2) is 0 Å². The van der Waals surface area contributed by atoms with Crippen LogP contribution in [0.1, 0.15) is 47.5 Å². The fourth-order valence-corrected chi connectivity index (χ4v) is 0.802. The monoisotopic (exact) mass is 157 g/mol. The maximum absolute atomic E-state index is 3.52. The van der Waals surface area contributed by atoms with Gasteiger partial charge in [0.05, 0.1) is 0 Å². The maximum Gasteiger partial charge on any atom is 0.00872 e. The molecule has 1 atom stereocenters. The van der Waals surface area contributed by atoms with Crippen LogP contribution < -0.4 is 5.32 Å². The lowest BCUT2D eigenvalue weighted by Crippen LogP contribution is -2.38. The molecule has 0 aromatic rings. The van der Waals surface area contributed by atoms with Crippen LogP contribution in [0.4, 0.5) is 0 Å². The summed E-state index contributed by atoms with van der Waals surface area (Å²) in [6.07, 6.45) is 2.57. The van der Waals surface area contributed by atoms with Gasteiger partial charge in [-0.2, -0.15) is 0 Å². The molecule has 0 saturated carbocycles. The Labute approximate surface area is 71.6 Å². The summed E-state index contributed by atoms with van der Waals surface area (Å²) in [7, 11) is 0. The van der Waals surface area contributed by atoms with Gasteiger partial charge in [-0.25, -0.2) is 0 Å². The molecule has 0 unspecified atom stereocenters. The zero-order chi connectivity index (χ0) is 8.91. The van der Waals surface area contributed by atoms with Crippen molar-refractivity contribution in [2.45, 2.75) is 53.5 Å². The van der Waals surface area contributed by atoms with Crippen LogP contribution >= 0.6 is 0 Å². The van der Waals surface area contributed by atoms with E-state index in [1.807, 2.05) is 0 Å². The van der Waals surface area contributed by atoms with Gasteiger partial charge in [0, 0.05) is 6.04 Å². The minimum atomic E-state index is 0.397. The topological polar surface area (TPSA) is 12.0 Å². The first-order valence-corrected chi connectivity index (χ1v) is 4.72. The Morgan fingerprint density at radius 2 is 1.82 bits per heavy atom. The first kappa shape index (κ1) is 11.0. The summed E-state index contributed by atoms with van der Waals surface area (Å²) < 4.78 is 0. The lowest BCUT2D eigenvalue weighted by molar-refractivity contribution is 0.286. The van der Waals surface area contributed by atoms with E-state index in [0.717, 1.165) is 6.54 Å². The van der Waals surface area contributed by atoms with E-state index in [4.69, 9.17) is 0 Å². The molecular formula is C10H23N. The fraction of sp³-hybridized carbons (Fsp3) is 1.00. The minimum absolute atomic E-state index is 0.397. The molecule has 0 radical (unpaired) electrons. The summed E-state index contributed by atoms with van der Waals surface area (Å²) in [4.78, 5) is 0. The van der Waals surface area contributed by atoms with Crippen LogP contribution in [0, 0.1) is 5.41 Å². The van der Waals surface area contributed by atoms with Crippen LogP contribution in [0.3, 0.4) is 0 Å². The highest BCUT2D eigenvalue weighted by Gasteiger charge is 2.18. The molecule has 0 aromatic heterocycles. The van der Waals surface area contributed by atoms with Crippen molar-refractivity contribution in [2.75, 3.05) is 6.54 Å². The average molecular weight is 157 g/mol. The fourth-order valence-electron chi connectivity index (χ4n) is 0.802. The highest BCUT2D eigenvalue weighted by atomic mass is 14.9. The third-order valence-electron chi connectivity index (χ3n) is 2.28. The number of unbranched alkanes of at least 4 members (excludes halogenated alkanes) is 1. The average Bonchev–Trinajstić information content (AvgIpc) is 1.86. The van der Waals surface area contributed by atoms with Gasteiger partial charge in [0.1, 0.15) is 0 Å². The quantitative estimate of drug-likeness (QED) is 0.619. The van der Waals surface area contributed by atoms with Crippen LogP contribution in [-0.4, -0.2) is 12.6 Å². The van der Waals surface area contributed by atoms with Gasteiger partial charge in [-0.1, -0.05) is 34.1 Å². The standard InChI is InChI=1S/C10H23N/c1-6-7-8-11-9(2)10(3,4)5/h9,11H,6-8H2,1-5H3/t9-/m1/s1. The molecule has 0 saturated heterocycles. The smallest absolute Gasteiger partial charge is 0.00872 e. The van der Waals surface area contributed by atoms with Crippen molar-refractivity contribution in [3.63, 3.8) is 0 Å². The molecule has 1 N–H and O–H groups in total. The molecule has 1 heteroatoms. The number of nitrogens with one attached hydrogen (secondary N) is 1. The Bertz CT molecular complexity index is 91.5. The minimum Gasteiger partial charge on any atom is -0.314 e. The summed E-state index contributed by atoms with van der Waals surface area (Å²) in [6, 6.07) is 0.619. The molecule has 1 nitrogen and oxygen atoms in total. The molecule has 0 spiro atoms. The first-order chi connectivity index (χ1) is 4.98. The van der Waals surface area contributed by atoms with Gasteiger partial charge >= 0.3 is 0 Å². The van der Waals surface area contributed by atoms with Crippen LogP contribution in [0.5, 0.6) is 0 Å². The van der Waals surface area contributed by atoms with Gasteiger partial charge in [0.25, 0.3) is 0 Å². The van der Waals surface area contributed by atoms with Crippen molar-refractivity contribution in [3.8, 4) is 0 Å². The molecule has 0 heterocycles. The van der Waals surface area contributed by atoms with Gasteiger partial charge < -0.3 is 5.32 Å². The zero-order valence-electron chi connectivity index (χ0n) is 8.70. The summed E-state index contributed by atoms with van der Waals surface area (Å²) in [6.45, 7) is 12.5. The summed E-state index contributed by atoms with van der Waals surface area (Å²) >= 11 is 0. The van der Waals surface area contributed by atoms with E-state index in [9.17, 15) is 0 Å². The molecule has 0 amide bonds. The Morgan fingerprint density at radius 3 is 2.18 bits per heavy atom. The third kappa shape index (κ3) is 5.25. The largest absolute Gasteiger partial charge is 0.314 e. The van der Waals surface area contributed by atoms with Crippen molar-refractivity contribution in [3.05, 3.63) is 0 Å². The zero-order valence-corrected chi connectivity index (χ0v) is 8.70. The van der Waals surface area contributed by atoms with E-state index >= 15 is 0 Å². The molecule has 0 aliphatic heterocycles. The van der Waals surface area contributed by atoms with E-state index in [2.05, 4.69) is 39.9 Å². The highest BCUT2D eigenvalue weighted by molar-refractivity contribution is 4.75. The van der Waals surface area contributed by atoms with Gasteiger partial charge in [-0.3, -0.25) is 0 Å². The van der Waals surface area contributed by atoms with Gasteiger partial charge in [-0.15, -0.1) is 0 Å². The summed E-state index contributed by atoms with van der Waals surface area (Å²) in [5, 5.41) is 3.52. The van der Waals surface area contributed by atoms with Crippen LogP contribution in [0.25, 0.3) is 0 Å². The maximum atomic E-state index is 3.52. The van der Waals surface area contributed by atoms with Crippen molar-refractivity contribution < 1.29 is 0 Å². The molecular weight excluding hydrogens is 134 g/mol. The highest BCUT2D eigenvalue weighted by Crippen LogP contribution is 2.18. The molecule has 0 aliphatic rings. The number of hydrogen-bond acceptors (Lipinski definition) is 1. The number of rotatable bonds is 4. The first-order valence-electron chi connectivity index (χ1n) is 4.72. The van der Waals surface area contributed by atoms with E-state index in [-0.39, 0.29) is 0 Å². The van der Waals surface area contributed by atoms with Crippen LogP contribution in [0.15, 0.2) is 0 Å². The lowest BCUT2D eigenvalue weighted by atomic mass is 9.88. The number of hydrogen-bond donors (Lipinski definition) is 1. The predicted molar refractivity (Wildman–Crippen MR) is 51.8 cm³/mol. The Hall–Kier alpha value is -0.0400. The van der Waals surface area contributed by atoms with E-state index in [1.165, 1.54) is 12.8 Å². The second-order valence-corrected chi connectivity index (χ2v) is 4.40. The molecule has 0 rings (SSSR count). The van der Waals surface area contributed by atoms with Crippen LogP contribution in [-0.2, 0) is 0 Å². The molecule has 68 valence electrons. The van der Waals surface area contributed by atoms with Crippen molar-refractivity contribution >= 4 is 0 Å². The molecule has 0 aromatic carbocycles. The normalized spacial score (nSPS) is 15.0. The second-order valence-electron chi connectivity index (χ2n) is 4.40. The molecule has 11 heavy (non-hydrogen) atoms. The summed E-state index contributed by atoms with van der Waals surface area (Å²) in [5.41, 5.74) is 0.397. The van der Waals surface area contributed by atoms with Crippen LogP contribution in [0.2, 0.25) is 0 Å². The second kappa shape index (κ2) is 4.76. The van der Waals surface area contributed by atoms with Crippen molar-refractivity contribution in [2.24, 2.45) is 5.41 Å². The van der Waals surface area contributed by atoms with E-state index < -0.39 is 0 Å². The van der Waals surface area contributed by atoms with E-state index in [1.54, 1.807) is 0 Å². The predicted octanol–water partition coefficient (Wildman–Crippen LogP) is 2.81. The third-order valence-corrected chi connectivity index (χ3v) is 2.28. The molecule has 0 bridgehead atoms. The Balaban J connectivity index is 3.44. The van der Waals surface area contributed by atoms with Gasteiger partial charge in [0.2, 0.25) is 0 Å². The Kier molecular flexibility index (Phi) is 4.74. The molecule has 0 aliphatic carbocycles. The molecule has 0 fully saturated rings. The van der Waals surface area contributed by atoms with Crippen molar-refractivity contribution in [1.82, 2.24) is 5.32 Å². The summed E-state index contributed by atoms with van der Waals surface area (Å²) in [5.74, 6) is 0. The Morgan fingerprint density at radius 1 is 1.27 bits per heavy atom. The van der Waals surface area contributed by atoms with E-state index in [0.29, 0.717) is 11.5 Å². The SMILES string of the molecule is CCCCN[C@H](C)C(C)(C)C.